The minimum absolute atomic E-state index is 0.0599. The molecule has 1 unspecified atom stereocenters. The topological polar surface area (TPSA) is 55.2 Å². The monoisotopic (exact) mass is 347 g/mol. The van der Waals surface area contributed by atoms with Gasteiger partial charge in [-0.3, -0.25) is 14.3 Å². The van der Waals surface area contributed by atoms with E-state index in [2.05, 4.69) is 17.2 Å². The van der Waals surface area contributed by atoms with E-state index in [4.69, 9.17) is 0 Å². The first-order valence-corrected chi connectivity index (χ1v) is 9.00. The van der Waals surface area contributed by atoms with Crippen molar-refractivity contribution in [3.05, 3.63) is 76.6 Å². The van der Waals surface area contributed by atoms with Crippen LogP contribution in [0.1, 0.15) is 18.4 Å². The number of para-hydroxylation sites is 1. The zero-order valence-corrected chi connectivity index (χ0v) is 14.5. The van der Waals surface area contributed by atoms with Crippen molar-refractivity contribution in [1.82, 2.24) is 14.7 Å². The number of nitrogens with zero attached hydrogens (tertiary/aromatic N) is 3. The summed E-state index contributed by atoms with van der Waals surface area (Å²) < 4.78 is 1.64. The molecule has 0 bridgehead atoms. The van der Waals surface area contributed by atoms with Crippen molar-refractivity contribution in [3.63, 3.8) is 0 Å². The van der Waals surface area contributed by atoms with Crippen LogP contribution in [0, 0.1) is 0 Å². The standard InChI is InChI=1S/C21H21N3O2/c25-20-14-22-24(19-11-5-4-10-18(19)20)15-21(26)23-12-6-9-17(23)13-16-7-2-1-3-8-16/h1-5,7-8,10-11,14,17H,6,9,12-13,15H2. The molecule has 0 saturated carbocycles. The summed E-state index contributed by atoms with van der Waals surface area (Å²) in [6.45, 7) is 0.945. The molecule has 2 heterocycles. The van der Waals surface area contributed by atoms with Crippen molar-refractivity contribution in [3.8, 4) is 0 Å². The summed E-state index contributed by atoms with van der Waals surface area (Å²) in [4.78, 5) is 26.9. The first kappa shape index (κ1) is 16.5. The van der Waals surface area contributed by atoms with Gasteiger partial charge in [0.25, 0.3) is 0 Å². The fraction of sp³-hybridized carbons (Fsp3) is 0.286. The number of fused-ring (bicyclic) bond motifs is 1. The second kappa shape index (κ2) is 7.12. The normalized spacial score (nSPS) is 16.9. The Morgan fingerprint density at radius 1 is 1.08 bits per heavy atom. The molecule has 0 radical (unpaired) electrons. The maximum absolute atomic E-state index is 12.9. The number of carbonyl (C=O) groups is 1. The number of hydrogen-bond donors (Lipinski definition) is 0. The Morgan fingerprint density at radius 2 is 1.85 bits per heavy atom. The third kappa shape index (κ3) is 3.25. The van der Waals surface area contributed by atoms with E-state index < -0.39 is 0 Å². The lowest BCUT2D eigenvalue weighted by molar-refractivity contribution is -0.132. The van der Waals surface area contributed by atoms with Crippen LogP contribution in [0.4, 0.5) is 0 Å². The zero-order chi connectivity index (χ0) is 17.9. The van der Waals surface area contributed by atoms with Gasteiger partial charge in [-0.1, -0.05) is 42.5 Å². The van der Waals surface area contributed by atoms with Crippen LogP contribution in [0.25, 0.3) is 10.9 Å². The van der Waals surface area contributed by atoms with E-state index in [1.54, 1.807) is 10.7 Å². The van der Waals surface area contributed by atoms with Crippen molar-refractivity contribution in [1.29, 1.82) is 0 Å². The smallest absolute Gasteiger partial charge is 0.244 e. The molecule has 1 fully saturated rings. The van der Waals surface area contributed by atoms with Gasteiger partial charge in [-0.25, -0.2) is 0 Å². The van der Waals surface area contributed by atoms with Gasteiger partial charge >= 0.3 is 0 Å². The maximum atomic E-state index is 12.9. The minimum Gasteiger partial charge on any atom is -0.338 e. The molecule has 1 aliphatic rings. The zero-order valence-electron chi connectivity index (χ0n) is 14.5. The lowest BCUT2D eigenvalue weighted by Crippen LogP contribution is -2.39. The Hall–Kier alpha value is -2.95. The molecule has 1 saturated heterocycles. The van der Waals surface area contributed by atoms with Crippen LogP contribution in [-0.4, -0.2) is 33.2 Å². The molecule has 5 heteroatoms. The van der Waals surface area contributed by atoms with Gasteiger partial charge in [0.05, 0.1) is 11.7 Å². The molecule has 1 aromatic heterocycles. The van der Waals surface area contributed by atoms with Crippen molar-refractivity contribution in [2.75, 3.05) is 6.54 Å². The van der Waals surface area contributed by atoms with E-state index in [-0.39, 0.29) is 23.9 Å². The Bertz CT molecular complexity index is 981. The molecule has 0 spiro atoms. The van der Waals surface area contributed by atoms with Gasteiger partial charge in [-0.15, -0.1) is 0 Å². The molecule has 1 aliphatic heterocycles. The molecule has 2 aromatic carbocycles. The number of carbonyl (C=O) groups excluding carboxylic acids is 1. The molecular formula is C21H21N3O2. The highest BCUT2D eigenvalue weighted by atomic mass is 16.2. The molecule has 3 aromatic rings. The van der Waals surface area contributed by atoms with E-state index in [1.807, 2.05) is 41.3 Å². The second-order valence-corrected chi connectivity index (χ2v) is 6.76. The summed E-state index contributed by atoms with van der Waals surface area (Å²) in [5.74, 6) is 0.0599. The molecule has 5 nitrogen and oxygen atoms in total. The fourth-order valence-electron chi connectivity index (χ4n) is 3.77. The molecule has 132 valence electrons. The molecule has 1 amide bonds. The Kier molecular flexibility index (Phi) is 4.52. The predicted octanol–water partition coefficient (Wildman–Crippen LogP) is 2.63. The van der Waals surface area contributed by atoms with Crippen LogP contribution in [0.15, 0.2) is 65.6 Å². The van der Waals surface area contributed by atoms with Gasteiger partial charge in [0, 0.05) is 18.0 Å². The van der Waals surface area contributed by atoms with Crippen LogP contribution in [-0.2, 0) is 17.8 Å². The summed E-state index contributed by atoms with van der Waals surface area (Å²) in [5, 5.41) is 4.78. The van der Waals surface area contributed by atoms with E-state index in [0.717, 1.165) is 25.8 Å². The van der Waals surface area contributed by atoms with Gasteiger partial charge < -0.3 is 4.90 Å². The SMILES string of the molecule is O=C(Cn1ncc(=O)c2ccccc21)N1CCCC1Cc1ccccc1. The molecule has 0 aliphatic carbocycles. The Balaban J connectivity index is 1.54. The maximum Gasteiger partial charge on any atom is 0.244 e. The van der Waals surface area contributed by atoms with Crippen LogP contribution in [0.3, 0.4) is 0 Å². The Labute approximate surface area is 151 Å². The van der Waals surface area contributed by atoms with Gasteiger partial charge in [0.2, 0.25) is 11.3 Å². The fourth-order valence-corrected chi connectivity index (χ4v) is 3.77. The van der Waals surface area contributed by atoms with E-state index >= 15 is 0 Å². The van der Waals surface area contributed by atoms with Crippen LogP contribution in [0.2, 0.25) is 0 Å². The average Bonchev–Trinajstić information content (AvgIpc) is 3.13. The minimum atomic E-state index is -0.118. The van der Waals surface area contributed by atoms with Crippen molar-refractivity contribution < 1.29 is 4.79 Å². The number of amides is 1. The van der Waals surface area contributed by atoms with Crippen LogP contribution >= 0.6 is 0 Å². The van der Waals surface area contributed by atoms with E-state index in [0.29, 0.717) is 10.9 Å². The van der Waals surface area contributed by atoms with Gasteiger partial charge in [0.15, 0.2) is 0 Å². The van der Waals surface area contributed by atoms with E-state index in [9.17, 15) is 9.59 Å². The van der Waals surface area contributed by atoms with Crippen LogP contribution < -0.4 is 5.43 Å². The molecule has 26 heavy (non-hydrogen) atoms. The third-order valence-electron chi connectivity index (χ3n) is 5.06. The molecule has 4 rings (SSSR count). The third-order valence-corrected chi connectivity index (χ3v) is 5.06. The van der Waals surface area contributed by atoms with Crippen molar-refractivity contribution in [2.45, 2.75) is 31.8 Å². The first-order chi connectivity index (χ1) is 12.7. The summed E-state index contributed by atoms with van der Waals surface area (Å²) >= 11 is 0. The van der Waals surface area contributed by atoms with Gasteiger partial charge in [-0.2, -0.15) is 5.10 Å². The van der Waals surface area contributed by atoms with Crippen molar-refractivity contribution >= 4 is 16.8 Å². The lowest BCUT2D eigenvalue weighted by Gasteiger charge is -2.25. The van der Waals surface area contributed by atoms with Crippen molar-refractivity contribution in [2.24, 2.45) is 0 Å². The lowest BCUT2D eigenvalue weighted by atomic mass is 10.0. The molecule has 0 N–H and O–H groups in total. The summed E-state index contributed by atoms with van der Waals surface area (Å²) in [7, 11) is 0. The first-order valence-electron chi connectivity index (χ1n) is 9.00. The number of likely N-dealkylation sites (tertiary alicyclic amines) is 1. The summed E-state index contributed by atoms with van der Waals surface area (Å²) in [6.07, 6.45) is 4.23. The highest BCUT2D eigenvalue weighted by Crippen LogP contribution is 2.22. The highest BCUT2D eigenvalue weighted by molar-refractivity contribution is 5.81. The summed E-state index contributed by atoms with van der Waals surface area (Å²) in [5.41, 5.74) is 1.84. The molecular weight excluding hydrogens is 326 g/mol. The summed E-state index contributed by atoms with van der Waals surface area (Å²) in [6, 6.07) is 17.8. The highest BCUT2D eigenvalue weighted by Gasteiger charge is 2.29. The van der Waals surface area contributed by atoms with Gasteiger partial charge in [0.1, 0.15) is 6.54 Å². The van der Waals surface area contributed by atoms with Gasteiger partial charge in [-0.05, 0) is 37.0 Å². The number of benzene rings is 2. The largest absolute Gasteiger partial charge is 0.338 e. The van der Waals surface area contributed by atoms with E-state index in [1.165, 1.54) is 11.8 Å². The number of aromatic nitrogens is 2. The van der Waals surface area contributed by atoms with Crippen LogP contribution in [0.5, 0.6) is 0 Å². The predicted molar refractivity (Wildman–Crippen MR) is 101 cm³/mol. The average molecular weight is 347 g/mol. The number of rotatable bonds is 4. The quantitative estimate of drug-likeness (QED) is 0.729. The second-order valence-electron chi connectivity index (χ2n) is 6.76. The number of hydrogen-bond acceptors (Lipinski definition) is 3. The molecule has 1 atom stereocenters. The Morgan fingerprint density at radius 3 is 2.69 bits per heavy atom.